The van der Waals surface area contributed by atoms with Gasteiger partial charge in [-0.1, -0.05) is 13.8 Å². The van der Waals surface area contributed by atoms with Crippen molar-refractivity contribution in [2.24, 2.45) is 17.7 Å². The number of hydrogen-bond donors (Lipinski definition) is 4. The normalized spacial score (nSPS) is 29.1. The summed E-state index contributed by atoms with van der Waals surface area (Å²) in [5.41, 5.74) is 9.30. The van der Waals surface area contributed by atoms with Gasteiger partial charge >= 0.3 is 0 Å². The summed E-state index contributed by atoms with van der Waals surface area (Å²) in [4.78, 5) is 12.5. The molecule has 6 N–H and O–H groups in total. The van der Waals surface area contributed by atoms with Gasteiger partial charge in [-0.05, 0) is 5.92 Å². The highest BCUT2D eigenvalue weighted by molar-refractivity contribution is 5.82. The molecule has 9 heteroatoms. The van der Waals surface area contributed by atoms with Crippen LogP contribution in [0.4, 0.5) is 11.8 Å². The molecular weight excluding hydrogens is 274 g/mol. The minimum atomic E-state index is -0.262. The van der Waals surface area contributed by atoms with Gasteiger partial charge < -0.3 is 15.6 Å². The lowest BCUT2D eigenvalue weighted by atomic mass is 9.93. The smallest absolute Gasteiger partial charge is 0.241 e. The van der Waals surface area contributed by atoms with Gasteiger partial charge in [0.1, 0.15) is 11.7 Å². The lowest BCUT2D eigenvalue weighted by molar-refractivity contribution is -0.0336. The van der Waals surface area contributed by atoms with Crippen molar-refractivity contribution in [3.63, 3.8) is 0 Å². The van der Waals surface area contributed by atoms with E-state index in [0.717, 1.165) is 0 Å². The summed E-state index contributed by atoms with van der Waals surface area (Å²) in [6.07, 6.45) is 1.17. The molecule has 1 aliphatic heterocycles. The summed E-state index contributed by atoms with van der Waals surface area (Å²) in [5.74, 6) is 6.25. The number of hydrazine groups is 1. The van der Waals surface area contributed by atoms with E-state index in [1.807, 2.05) is 4.57 Å². The Morgan fingerprint density at radius 2 is 2.14 bits per heavy atom. The molecule has 2 aromatic heterocycles. The number of nitrogens with two attached hydrogens (primary N) is 2. The predicted molar refractivity (Wildman–Crippen MR) is 76.9 cm³/mol. The molecule has 21 heavy (non-hydrogen) atoms. The standard InChI is InChI=1S/C12H19N7O2/c1-5-6(2)11(21-7(5)3-20)19-4-15-8-9(13)16-12(18-14)17-10(8)19/h4-7,11,20H,3,14H2,1-2H3,(H3,13,16,17,18). The Hall–Kier alpha value is -1.97. The van der Waals surface area contributed by atoms with Crippen molar-refractivity contribution in [3.8, 4) is 0 Å². The molecule has 4 unspecified atom stereocenters. The molecule has 3 heterocycles. The predicted octanol–water partition coefficient (Wildman–Crippen LogP) is -0.144. The number of nitrogens with one attached hydrogen (secondary N) is 1. The molecule has 1 saturated heterocycles. The van der Waals surface area contributed by atoms with Crippen LogP contribution in [-0.2, 0) is 4.74 Å². The van der Waals surface area contributed by atoms with E-state index < -0.39 is 0 Å². The summed E-state index contributed by atoms with van der Waals surface area (Å²) in [6.45, 7) is 4.12. The van der Waals surface area contributed by atoms with Gasteiger partial charge in [0.2, 0.25) is 5.95 Å². The van der Waals surface area contributed by atoms with E-state index in [1.165, 1.54) is 0 Å². The maximum absolute atomic E-state index is 9.39. The molecule has 0 saturated carbocycles. The van der Waals surface area contributed by atoms with Gasteiger partial charge in [0.15, 0.2) is 11.5 Å². The number of ether oxygens (including phenoxy) is 1. The second kappa shape index (κ2) is 5.10. The Morgan fingerprint density at radius 3 is 2.76 bits per heavy atom. The van der Waals surface area contributed by atoms with Gasteiger partial charge in [-0.25, -0.2) is 10.8 Å². The highest BCUT2D eigenvalue weighted by Gasteiger charge is 2.40. The first-order valence-corrected chi connectivity index (χ1v) is 6.79. The number of imidazole rings is 1. The molecule has 0 radical (unpaired) electrons. The van der Waals surface area contributed by atoms with E-state index in [-0.39, 0.29) is 42.5 Å². The summed E-state index contributed by atoms with van der Waals surface area (Å²) in [5, 5.41) is 9.39. The van der Waals surface area contributed by atoms with Crippen LogP contribution in [0.2, 0.25) is 0 Å². The van der Waals surface area contributed by atoms with E-state index in [0.29, 0.717) is 11.2 Å². The quantitative estimate of drug-likeness (QED) is 0.453. The van der Waals surface area contributed by atoms with E-state index >= 15 is 0 Å². The van der Waals surface area contributed by atoms with Crippen molar-refractivity contribution in [1.82, 2.24) is 19.5 Å². The molecule has 2 aromatic rings. The molecule has 1 aliphatic rings. The second-order valence-corrected chi connectivity index (χ2v) is 5.37. The molecule has 0 aliphatic carbocycles. The molecule has 0 amide bonds. The number of anilines is 2. The zero-order chi connectivity index (χ0) is 15.1. The van der Waals surface area contributed by atoms with Crippen LogP contribution in [0.3, 0.4) is 0 Å². The minimum absolute atomic E-state index is 0.0125. The fraction of sp³-hybridized carbons (Fsp3) is 0.583. The zero-order valence-corrected chi connectivity index (χ0v) is 11.9. The maximum atomic E-state index is 9.39. The van der Waals surface area contributed by atoms with Crippen LogP contribution in [0.25, 0.3) is 11.2 Å². The Bertz CT molecular complexity index is 658. The number of rotatable bonds is 3. The monoisotopic (exact) mass is 293 g/mol. The molecule has 114 valence electrons. The molecule has 3 rings (SSSR count). The Morgan fingerprint density at radius 1 is 1.38 bits per heavy atom. The Kier molecular flexibility index (Phi) is 3.40. The van der Waals surface area contributed by atoms with Crippen LogP contribution in [0.1, 0.15) is 20.1 Å². The lowest BCUT2D eigenvalue weighted by Crippen LogP contribution is -2.19. The molecule has 0 spiro atoms. The number of nitrogen functional groups attached to an aromatic ring is 2. The number of aliphatic hydroxyl groups excluding tert-OH is 1. The number of aliphatic hydroxyl groups is 1. The highest BCUT2D eigenvalue weighted by atomic mass is 16.5. The average molecular weight is 293 g/mol. The Balaban J connectivity index is 2.07. The number of aromatic nitrogens is 4. The molecule has 4 atom stereocenters. The van der Waals surface area contributed by atoms with Crippen molar-refractivity contribution in [2.45, 2.75) is 26.2 Å². The topological polar surface area (TPSA) is 137 Å². The maximum Gasteiger partial charge on any atom is 0.241 e. The van der Waals surface area contributed by atoms with E-state index in [9.17, 15) is 5.11 Å². The van der Waals surface area contributed by atoms with Gasteiger partial charge in [0.05, 0.1) is 19.0 Å². The molecule has 0 bridgehead atoms. The second-order valence-electron chi connectivity index (χ2n) is 5.37. The average Bonchev–Trinajstić information content (AvgIpc) is 3.02. The lowest BCUT2D eigenvalue weighted by Gasteiger charge is -2.18. The van der Waals surface area contributed by atoms with Crippen molar-refractivity contribution in [1.29, 1.82) is 0 Å². The summed E-state index contributed by atoms with van der Waals surface area (Å²) in [7, 11) is 0. The van der Waals surface area contributed by atoms with E-state index in [4.69, 9.17) is 16.3 Å². The van der Waals surface area contributed by atoms with Gasteiger partial charge in [-0.3, -0.25) is 9.99 Å². The van der Waals surface area contributed by atoms with Gasteiger partial charge in [0.25, 0.3) is 0 Å². The fourth-order valence-electron chi connectivity index (χ4n) is 2.74. The number of nitrogens with zero attached hydrogens (tertiary/aromatic N) is 4. The molecular formula is C12H19N7O2. The van der Waals surface area contributed by atoms with Crippen molar-refractivity contribution in [3.05, 3.63) is 6.33 Å². The highest BCUT2D eigenvalue weighted by Crippen LogP contribution is 2.39. The van der Waals surface area contributed by atoms with Gasteiger partial charge in [0, 0.05) is 5.92 Å². The van der Waals surface area contributed by atoms with E-state index in [2.05, 4.69) is 34.2 Å². The third-order valence-electron chi connectivity index (χ3n) is 4.21. The van der Waals surface area contributed by atoms with E-state index in [1.54, 1.807) is 6.33 Å². The minimum Gasteiger partial charge on any atom is -0.394 e. The first-order chi connectivity index (χ1) is 10.1. The van der Waals surface area contributed by atoms with Crippen LogP contribution < -0.4 is 17.0 Å². The van der Waals surface area contributed by atoms with Crippen molar-refractivity contribution >= 4 is 22.9 Å². The molecule has 9 nitrogen and oxygen atoms in total. The van der Waals surface area contributed by atoms with Crippen LogP contribution in [0.5, 0.6) is 0 Å². The molecule has 0 aromatic carbocycles. The summed E-state index contributed by atoms with van der Waals surface area (Å²) in [6, 6.07) is 0. The van der Waals surface area contributed by atoms with Crippen molar-refractivity contribution < 1.29 is 9.84 Å². The third kappa shape index (κ3) is 2.09. The van der Waals surface area contributed by atoms with Gasteiger partial charge in [-0.15, -0.1) is 0 Å². The first-order valence-electron chi connectivity index (χ1n) is 6.79. The van der Waals surface area contributed by atoms with Crippen LogP contribution in [0.15, 0.2) is 6.33 Å². The van der Waals surface area contributed by atoms with Crippen LogP contribution in [0, 0.1) is 11.8 Å². The third-order valence-corrected chi connectivity index (χ3v) is 4.21. The Labute approximate surface area is 121 Å². The SMILES string of the molecule is CC1C(CO)OC(n2cnc3c(N)nc(NN)nc32)C1C. The summed E-state index contributed by atoms with van der Waals surface area (Å²) < 4.78 is 7.73. The fourth-order valence-corrected chi connectivity index (χ4v) is 2.74. The zero-order valence-electron chi connectivity index (χ0n) is 11.9. The van der Waals surface area contributed by atoms with Crippen LogP contribution >= 0.6 is 0 Å². The number of hydrogen-bond acceptors (Lipinski definition) is 8. The summed E-state index contributed by atoms with van der Waals surface area (Å²) >= 11 is 0. The number of fused-ring (bicyclic) bond motifs is 1. The first kappa shape index (κ1) is 14.0. The largest absolute Gasteiger partial charge is 0.394 e. The van der Waals surface area contributed by atoms with Crippen molar-refractivity contribution in [2.75, 3.05) is 17.8 Å². The molecule has 1 fully saturated rings. The van der Waals surface area contributed by atoms with Gasteiger partial charge in [-0.2, -0.15) is 9.97 Å². The van der Waals surface area contributed by atoms with Crippen LogP contribution in [-0.4, -0.2) is 37.3 Å².